The van der Waals surface area contributed by atoms with Gasteiger partial charge in [-0.25, -0.2) is 8.78 Å². The lowest BCUT2D eigenvalue weighted by molar-refractivity contribution is -0.235. The van der Waals surface area contributed by atoms with E-state index in [1.807, 2.05) is 6.92 Å². The first-order valence-corrected chi connectivity index (χ1v) is 7.63. The summed E-state index contributed by atoms with van der Waals surface area (Å²) in [5.41, 5.74) is -2.12. The van der Waals surface area contributed by atoms with Gasteiger partial charge in [0.2, 0.25) is 11.6 Å². The van der Waals surface area contributed by atoms with Crippen LogP contribution in [0.2, 0.25) is 0 Å². The zero-order chi connectivity index (χ0) is 18.5. The Balaban J connectivity index is 3.06. The lowest BCUT2D eigenvalue weighted by atomic mass is 10.1. The quantitative estimate of drug-likeness (QED) is 0.321. The van der Waals surface area contributed by atoms with Crippen LogP contribution in [0.4, 0.5) is 26.3 Å². The second-order valence-corrected chi connectivity index (χ2v) is 5.46. The van der Waals surface area contributed by atoms with Gasteiger partial charge in [-0.3, -0.25) is 0 Å². The summed E-state index contributed by atoms with van der Waals surface area (Å²) in [5, 5.41) is 0. The number of halogens is 6. The molecule has 0 aromatic heterocycles. The highest BCUT2D eigenvalue weighted by molar-refractivity contribution is 5.36. The number of unbranched alkanes of at least 4 members (excludes halogenated alkanes) is 3. The molecule has 0 aliphatic heterocycles. The smallest absolute Gasteiger partial charge is 0.389 e. The zero-order valence-corrected chi connectivity index (χ0v) is 13.7. The summed E-state index contributed by atoms with van der Waals surface area (Å²) >= 11 is 0. The lowest BCUT2D eigenvalue weighted by Crippen LogP contribution is -2.23. The second-order valence-electron chi connectivity index (χ2n) is 5.46. The van der Waals surface area contributed by atoms with E-state index in [1.54, 1.807) is 0 Å². The molecule has 0 bridgehead atoms. The van der Waals surface area contributed by atoms with Crippen molar-refractivity contribution in [3.05, 3.63) is 28.8 Å². The standard InChI is InChI=1S/C16H20F6O2/c1-4-5-6-7-8-9(2)24-15-13(19)11(17)10(12(18)14(15)20)16(21,22)23-3/h9H,4-8H2,1-3H3. The number of hydrogen-bond acceptors (Lipinski definition) is 2. The molecule has 0 amide bonds. The topological polar surface area (TPSA) is 18.5 Å². The van der Waals surface area contributed by atoms with Crippen LogP contribution >= 0.6 is 0 Å². The van der Waals surface area contributed by atoms with E-state index in [0.717, 1.165) is 19.3 Å². The van der Waals surface area contributed by atoms with Gasteiger partial charge < -0.3 is 9.47 Å². The molecule has 1 aromatic rings. The van der Waals surface area contributed by atoms with Crippen LogP contribution in [-0.2, 0) is 10.8 Å². The Kier molecular flexibility index (Phi) is 7.38. The number of methoxy groups -OCH3 is 1. The van der Waals surface area contributed by atoms with Crippen LogP contribution in [0, 0.1) is 23.3 Å². The number of rotatable bonds is 9. The molecule has 1 unspecified atom stereocenters. The Hall–Kier alpha value is -1.44. The van der Waals surface area contributed by atoms with Crippen LogP contribution in [-0.4, -0.2) is 13.2 Å². The fraction of sp³-hybridized carbons (Fsp3) is 0.625. The fourth-order valence-electron chi connectivity index (χ4n) is 2.19. The molecule has 0 N–H and O–H groups in total. The van der Waals surface area contributed by atoms with E-state index in [4.69, 9.17) is 4.74 Å². The van der Waals surface area contributed by atoms with Crippen molar-refractivity contribution in [2.24, 2.45) is 0 Å². The van der Waals surface area contributed by atoms with Crippen LogP contribution in [0.3, 0.4) is 0 Å². The van der Waals surface area contributed by atoms with Gasteiger partial charge in [-0.15, -0.1) is 0 Å². The third-order valence-electron chi connectivity index (χ3n) is 3.55. The van der Waals surface area contributed by atoms with Crippen LogP contribution in [0.15, 0.2) is 0 Å². The highest BCUT2D eigenvalue weighted by Gasteiger charge is 2.43. The molecule has 0 saturated carbocycles. The van der Waals surface area contributed by atoms with E-state index in [9.17, 15) is 26.3 Å². The minimum Gasteiger partial charge on any atom is -0.485 e. The number of benzene rings is 1. The molecular formula is C16H20F6O2. The predicted molar refractivity (Wildman–Crippen MR) is 76.0 cm³/mol. The molecule has 2 nitrogen and oxygen atoms in total. The Morgan fingerprint density at radius 2 is 1.46 bits per heavy atom. The van der Waals surface area contributed by atoms with Gasteiger partial charge in [0.1, 0.15) is 5.56 Å². The van der Waals surface area contributed by atoms with Crippen molar-refractivity contribution >= 4 is 0 Å². The molecule has 0 fully saturated rings. The van der Waals surface area contributed by atoms with Gasteiger partial charge in [-0.2, -0.15) is 17.6 Å². The van der Waals surface area contributed by atoms with Gasteiger partial charge in [0.25, 0.3) is 0 Å². The number of alkyl halides is 2. The molecule has 1 atom stereocenters. The highest BCUT2D eigenvalue weighted by Crippen LogP contribution is 2.39. The number of hydrogen-bond donors (Lipinski definition) is 0. The van der Waals surface area contributed by atoms with E-state index in [0.29, 0.717) is 20.0 Å². The maximum absolute atomic E-state index is 13.9. The van der Waals surface area contributed by atoms with Crippen LogP contribution < -0.4 is 4.74 Å². The molecule has 0 aliphatic rings. The van der Waals surface area contributed by atoms with Crippen molar-refractivity contribution in [1.82, 2.24) is 0 Å². The highest BCUT2D eigenvalue weighted by atomic mass is 19.3. The molecule has 1 aromatic carbocycles. The minimum absolute atomic E-state index is 0.401. The fourth-order valence-corrected chi connectivity index (χ4v) is 2.19. The maximum atomic E-state index is 13.9. The summed E-state index contributed by atoms with van der Waals surface area (Å²) in [7, 11) is 0.456. The van der Waals surface area contributed by atoms with Crippen molar-refractivity contribution in [3.8, 4) is 5.75 Å². The molecule has 24 heavy (non-hydrogen) atoms. The van der Waals surface area contributed by atoms with Gasteiger partial charge in [-0.1, -0.05) is 26.2 Å². The lowest BCUT2D eigenvalue weighted by Gasteiger charge is -2.20. The first-order chi connectivity index (χ1) is 11.2. The van der Waals surface area contributed by atoms with Gasteiger partial charge >= 0.3 is 6.11 Å². The minimum atomic E-state index is -4.51. The van der Waals surface area contributed by atoms with E-state index in [2.05, 4.69) is 4.74 Å². The summed E-state index contributed by atoms with van der Waals surface area (Å²) in [5.74, 6) is -9.85. The Morgan fingerprint density at radius 3 is 1.92 bits per heavy atom. The Labute approximate surface area is 136 Å². The van der Waals surface area contributed by atoms with E-state index in [1.165, 1.54) is 6.92 Å². The van der Waals surface area contributed by atoms with Crippen molar-refractivity contribution in [3.63, 3.8) is 0 Å². The summed E-state index contributed by atoms with van der Waals surface area (Å²) in [4.78, 5) is 0. The molecule has 0 aliphatic carbocycles. The van der Waals surface area contributed by atoms with Gasteiger partial charge in [0, 0.05) is 7.11 Å². The Bertz CT molecular complexity index is 533. The summed E-state index contributed by atoms with van der Waals surface area (Å²) in [6.07, 6.45) is -1.32. The van der Waals surface area contributed by atoms with Gasteiger partial charge in [0.05, 0.1) is 6.10 Å². The molecule has 0 spiro atoms. The normalized spacial score (nSPS) is 13.2. The molecule has 1 rings (SSSR count). The van der Waals surface area contributed by atoms with E-state index < -0.39 is 46.8 Å². The molecular weight excluding hydrogens is 338 g/mol. The molecule has 8 heteroatoms. The average molecular weight is 358 g/mol. The molecule has 0 saturated heterocycles. The molecule has 0 heterocycles. The van der Waals surface area contributed by atoms with Crippen molar-refractivity contribution in [2.45, 2.75) is 58.2 Å². The monoisotopic (exact) mass is 358 g/mol. The molecule has 0 radical (unpaired) electrons. The first-order valence-electron chi connectivity index (χ1n) is 7.63. The SMILES string of the molecule is CCCCCCC(C)Oc1c(F)c(F)c(C(F)(F)OC)c(F)c1F. The van der Waals surface area contributed by atoms with E-state index >= 15 is 0 Å². The van der Waals surface area contributed by atoms with Crippen LogP contribution in [0.25, 0.3) is 0 Å². The maximum Gasteiger partial charge on any atom is 0.389 e. The third kappa shape index (κ3) is 4.55. The third-order valence-corrected chi connectivity index (χ3v) is 3.55. The van der Waals surface area contributed by atoms with Crippen molar-refractivity contribution < 1.29 is 35.8 Å². The van der Waals surface area contributed by atoms with Crippen LogP contribution in [0.1, 0.15) is 51.5 Å². The Morgan fingerprint density at radius 1 is 0.917 bits per heavy atom. The summed E-state index contributed by atoms with van der Waals surface area (Å²) in [6.45, 7) is 3.48. The largest absolute Gasteiger partial charge is 0.485 e. The number of ether oxygens (including phenoxy) is 2. The van der Waals surface area contributed by atoms with Gasteiger partial charge in [0.15, 0.2) is 17.4 Å². The summed E-state index contributed by atoms with van der Waals surface area (Å²) < 4.78 is 90.4. The zero-order valence-electron chi connectivity index (χ0n) is 13.7. The van der Waals surface area contributed by atoms with E-state index in [-0.39, 0.29) is 0 Å². The van der Waals surface area contributed by atoms with Crippen LogP contribution in [0.5, 0.6) is 5.75 Å². The average Bonchev–Trinajstić information content (AvgIpc) is 2.53. The van der Waals surface area contributed by atoms with Crippen molar-refractivity contribution in [1.29, 1.82) is 0 Å². The van der Waals surface area contributed by atoms with Crippen molar-refractivity contribution in [2.75, 3.05) is 7.11 Å². The molecule has 138 valence electrons. The predicted octanol–water partition coefficient (Wildman–Crippen LogP) is 5.68. The summed E-state index contributed by atoms with van der Waals surface area (Å²) in [6, 6.07) is 0. The van der Waals surface area contributed by atoms with Gasteiger partial charge in [-0.05, 0) is 19.8 Å². The second kappa shape index (κ2) is 8.60. The first kappa shape index (κ1) is 20.6.